The van der Waals surface area contributed by atoms with Crippen LogP contribution in [0.5, 0.6) is 0 Å². The number of aryl methyl sites for hydroxylation is 2. The second kappa shape index (κ2) is 14.0. The van der Waals surface area contributed by atoms with E-state index in [0.29, 0.717) is 17.8 Å². The van der Waals surface area contributed by atoms with Gasteiger partial charge in [0.2, 0.25) is 0 Å². The van der Waals surface area contributed by atoms with Gasteiger partial charge in [0.25, 0.3) is 0 Å². The highest BCUT2D eigenvalue weighted by atomic mass is 14.6. The van der Waals surface area contributed by atoms with E-state index < -0.39 is 0 Å². The van der Waals surface area contributed by atoms with Gasteiger partial charge in [-0.05, 0) is 135 Å². The average Bonchev–Trinajstić information content (AvgIpc) is 3.59. The van der Waals surface area contributed by atoms with Crippen LogP contribution in [0, 0.1) is 37.5 Å². The average molecular weight is 705 g/mol. The Bertz CT molecular complexity index is 2270. The first-order valence-electron chi connectivity index (χ1n) is 20.2. The van der Waals surface area contributed by atoms with E-state index in [1.807, 2.05) is 0 Å². The Balaban J connectivity index is 1.29. The lowest BCUT2D eigenvalue weighted by Crippen LogP contribution is -2.41. The third kappa shape index (κ3) is 5.56. The van der Waals surface area contributed by atoms with Crippen LogP contribution >= 0.6 is 0 Å². The Kier molecular flexibility index (Phi) is 9.38. The van der Waals surface area contributed by atoms with Crippen LogP contribution in [-0.4, -0.2) is 0 Å². The number of rotatable bonds is 8. The molecule has 0 amide bonds. The fourth-order valence-corrected chi connectivity index (χ4v) is 11.0. The molecule has 0 spiro atoms. The fraction of sp³-hybridized carbons (Fsp3) is 0.296. The lowest BCUT2D eigenvalue weighted by atomic mass is 9.57. The van der Waals surface area contributed by atoms with Crippen molar-refractivity contribution in [1.82, 2.24) is 0 Å². The van der Waals surface area contributed by atoms with E-state index in [1.54, 1.807) is 0 Å². The number of benzene rings is 3. The molecular weight excluding hydrogens is 649 g/mol. The molecule has 54 heavy (non-hydrogen) atoms. The van der Waals surface area contributed by atoms with Crippen LogP contribution in [0.25, 0.3) is 5.57 Å². The molecule has 0 aromatic heterocycles. The number of fused-ring (bicyclic) bond motifs is 3. The molecule has 0 fully saturated rings. The molecule has 0 saturated carbocycles. The first kappa shape index (κ1) is 36.1. The van der Waals surface area contributed by atoms with E-state index in [0.717, 1.165) is 25.7 Å². The van der Waals surface area contributed by atoms with Crippen LogP contribution in [-0.2, 0) is 10.8 Å². The van der Waals surface area contributed by atoms with Gasteiger partial charge in [0.15, 0.2) is 0 Å². The van der Waals surface area contributed by atoms with Crippen molar-refractivity contribution in [3.63, 3.8) is 0 Å². The van der Waals surface area contributed by atoms with Crippen LogP contribution in [0.1, 0.15) is 86.8 Å². The van der Waals surface area contributed by atoms with Gasteiger partial charge in [-0.1, -0.05) is 162 Å². The summed E-state index contributed by atoms with van der Waals surface area (Å²) in [6.07, 6.45) is 28.2. The molecule has 0 heteroatoms. The predicted octanol–water partition coefficient (Wildman–Crippen LogP) is 13.9. The monoisotopic (exact) mass is 704 g/mol. The highest BCUT2D eigenvalue weighted by Crippen LogP contribution is 2.63. The maximum absolute atomic E-state index is 4.83. The molecule has 5 aliphatic carbocycles. The Hall–Kier alpha value is -4.94. The van der Waals surface area contributed by atoms with Crippen molar-refractivity contribution < 1.29 is 0 Å². The van der Waals surface area contributed by atoms with E-state index in [-0.39, 0.29) is 16.7 Å². The molecule has 0 nitrogen and oxygen atoms in total. The quantitative estimate of drug-likeness (QED) is 0.205. The van der Waals surface area contributed by atoms with Gasteiger partial charge in [-0.25, -0.2) is 0 Å². The molecule has 0 radical (unpaired) electrons. The summed E-state index contributed by atoms with van der Waals surface area (Å²) < 4.78 is 0. The molecule has 0 bridgehead atoms. The minimum Gasteiger partial charge on any atom is -0.103 e. The van der Waals surface area contributed by atoms with Gasteiger partial charge in [0.1, 0.15) is 0 Å². The summed E-state index contributed by atoms with van der Waals surface area (Å²) in [6, 6.07) is 28.2. The summed E-state index contributed by atoms with van der Waals surface area (Å²) in [7, 11) is 0. The zero-order valence-corrected chi connectivity index (χ0v) is 33.3. The summed E-state index contributed by atoms with van der Waals surface area (Å²) in [5, 5.41) is 0. The van der Waals surface area contributed by atoms with Gasteiger partial charge < -0.3 is 0 Å². The minimum absolute atomic E-state index is 0.168. The van der Waals surface area contributed by atoms with Crippen molar-refractivity contribution in [2.45, 2.75) is 78.1 Å². The Morgan fingerprint density at radius 2 is 1.31 bits per heavy atom. The second-order valence-electron chi connectivity index (χ2n) is 16.9. The number of hydrogen-bond donors (Lipinski definition) is 0. The summed E-state index contributed by atoms with van der Waals surface area (Å²) in [5.41, 5.74) is 18.9. The van der Waals surface area contributed by atoms with Crippen LogP contribution < -0.4 is 0 Å². The van der Waals surface area contributed by atoms with Gasteiger partial charge in [-0.3, -0.25) is 0 Å². The first-order chi connectivity index (χ1) is 26.1. The van der Waals surface area contributed by atoms with Gasteiger partial charge in [0.05, 0.1) is 0 Å². The fourth-order valence-electron chi connectivity index (χ4n) is 11.0. The van der Waals surface area contributed by atoms with Gasteiger partial charge in [0, 0.05) is 22.7 Å². The summed E-state index contributed by atoms with van der Waals surface area (Å²) in [5.74, 6) is 1.22. The SMILES string of the molecule is C=CCC1C(=C)C(C)=C(C=C(C)C2=CC=C3c4ccccc4C(c4ccc(C)cc4)(C4C=CC(C)=CC4)C3C2)C1(c1ccc(C)cc1)C1C=CC(C)=CC1. The molecular formula is C54H56. The van der Waals surface area contributed by atoms with Crippen LogP contribution in [0.4, 0.5) is 0 Å². The molecule has 3 aromatic rings. The zero-order valence-electron chi connectivity index (χ0n) is 33.3. The van der Waals surface area contributed by atoms with Crippen molar-refractivity contribution in [2.75, 3.05) is 0 Å². The lowest BCUT2D eigenvalue weighted by molar-refractivity contribution is 0.296. The second-order valence-corrected chi connectivity index (χ2v) is 16.9. The van der Waals surface area contributed by atoms with Crippen LogP contribution in [0.3, 0.4) is 0 Å². The van der Waals surface area contributed by atoms with Gasteiger partial charge in [-0.15, -0.1) is 6.58 Å². The predicted molar refractivity (Wildman–Crippen MR) is 231 cm³/mol. The minimum atomic E-state index is -0.249. The van der Waals surface area contributed by atoms with Crippen molar-refractivity contribution >= 4 is 5.57 Å². The Labute approximate surface area is 325 Å². The maximum atomic E-state index is 4.83. The molecule has 8 rings (SSSR count). The molecule has 272 valence electrons. The smallest absolute Gasteiger partial charge is 0.0346 e. The third-order valence-corrected chi connectivity index (χ3v) is 13.9. The highest BCUT2D eigenvalue weighted by Gasteiger charge is 2.56. The first-order valence-corrected chi connectivity index (χ1v) is 20.2. The van der Waals surface area contributed by atoms with Gasteiger partial charge >= 0.3 is 0 Å². The largest absolute Gasteiger partial charge is 0.103 e. The summed E-state index contributed by atoms with van der Waals surface area (Å²) >= 11 is 0. The third-order valence-electron chi connectivity index (χ3n) is 13.9. The Morgan fingerprint density at radius 1 is 0.741 bits per heavy atom. The van der Waals surface area contributed by atoms with E-state index >= 15 is 0 Å². The van der Waals surface area contributed by atoms with Crippen molar-refractivity contribution in [3.05, 3.63) is 219 Å². The summed E-state index contributed by atoms with van der Waals surface area (Å²) in [6.45, 7) is 22.7. The van der Waals surface area contributed by atoms with Crippen LogP contribution in [0.2, 0.25) is 0 Å². The van der Waals surface area contributed by atoms with Crippen molar-refractivity contribution in [2.24, 2.45) is 23.7 Å². The van der Waals surface area contributed by atoms with Gasteiger partial charge in [-0.2, -0.15) is 0 Å². The molecule has 6 atom stereocenters. The number of hydrogen-bond acceptors (Lipinski definition) is 0. The van der Waals surface area contributed by atoms with E-state index in [9.17, 15) is 0 Å². The van der Waals surface area contributed by atoms with E-state index in [2.05, 4.69) is 182 Å². The highest BCUT2D eigenvalue weighted by molar-refractivity contribution is 5.83. The van der Waals surface area contributed by atoms with E-state index in [1.165, 1.54) is 78.0 Å². The molecule has 6 unspecified atom stereocenters. The standard InChI is InChI=1S/C54H56/c1-9-12-49-40(7)41(8)51(53(49,43-24-15-35(2)16-25-43)44-26-17-36(3)18-27-44)33-39(6)42-23-32-48-47-13-10-11-14-50(47)54(52(48)34-42,45-28-19-37(4)20-29-45)46-30-21-38(5)22-31-46/h9-11,13-26,28-30,32-33,44,46,49,52H,1,7,12,27,31,34H2,2-6,8H3. The zero-order chi connectivity index (χ0) is 37.8. The van der Waals surface area contributed by atoms with E-state index in [4.69, 9.17) is 6.58 Å². The molecule has 0 saturated heterocycles. The molecule has 0 N–H and O–H groups in total. The van der Waals surface area contributed by atoms with Crippen molar-refractivity contribution in [3.8, 4) is 0 Å². The van der Waals surface area contributed by atoms with Crippen molar-refractivity contribution in [1.29, 1.82) is 0 Å². The molecule has 3 aromatic carbocycles. The normalized spacial score (nSPS) is 29.0. The molecule has 0 aliphatic heterocycles. The number of allylic oxidation sites excluding steroid dienone is 18. The lowest BCUT2D eigenvalue weighted by Gasteiger charge is -2.45. The maximum Gasteiger partial charge on any atom is 0.0346 e. The Morgan fingerprint density at radius 3 is 1.89 bits per heavy atom. The topological polar surface area (TPSA) is 0 Å². The molecule has 5 aliphatic rings. The molecule has 0 heterocycles. The van der Waals surface area contributed by atoms with Crippen LogP contribution in [0.15, 0.2) is 186 Å². The summed E-state index contributed by atoms with van der Waals surface area (Å²) in [4.78, 5) is 0.